The molecule has 0 atom stereocenters. The summed E-state index contributed by atoms with van der Waals surface area (Å²) in [5, 5.41) is 4.15. The highest BCUT2D eigenvalue weighted by Crippen LogP contribution is 2.32. The number of rotatable bonds is 9. The number of carbonyl (C=O) groups excluding carboxylic acids is 1. The first kappa shape index (κ1) is 27.9. The minimum absolute atomic E-state index is 0.0215. The molecule has 3 aromatic carbocycles. The zero-order valence-corrected chi connectivity index (χ0v) is 21.5. The van der Waals surface area contributed by atoms with Crippen molar-refractivity contribution >= 4 is 17.3 Å². The summed E-state index contributed by atoms with van der Waals surface area (Å²) < 4.78 is 58.5. The molecule has 10 heteroatoms. The van der Waals surface area contributed by atoms with Gasteiger partial charge < -0.3 is 19.4 Å². The number of hydrogen-bond donors (Lipinski definition) is 0. The lowest BCUT2D eigenvalue weighted by Gasteiger charge is -2.36. The number of piperazine rings is 1. The third-order valence-corrected chi connectivity index (χ3v) is 6.41. The molecule has 206 valence electrons. The van der Waals surface area contributed by atoms with E-state index in [0.717, 1.165) is 17.7 Å². The van der Waals surface area contributed by atoms with Crippen LogP contribution in [0.2, 0.25) is 0 Å². The molecule has 0 unspecified atom stereocenters. The zero-order valence-electron chi connectivity index (χ0n) is 21.5. The Morgan fingerprint density at radius 2 is 1.67 bits per heavy atom. The first-order valence-corrected chi connectivity index (χ1v) is 12.6. The van der Waals surface area contributed by atoms with Gasteiger partial charge >= 0.3 is 6.18 Å². The van der Waals surface area contributed by atoms with Crippen molar-refractivity contribution in [2.75, 3.05) is 37.7 Å². The van der Waals surface area contributed by atoms with E-state index in [4.69, 9.17) is 9.57 Å². The molecule has 0 N–H and O–H groups in total. The lowest BCUT2D eigenvalue weighted by molar-refractivity contribution is -0.137. The maximum Gasteiger partial charge on any atom is 0.416 e. The summed E-state index contributed by atoms with van der Waals surface area (Å²) in [6, 6.07) is 18.6. The van der Waals surface area contributed by atoms with Crippen molar-refractivity contribution in [3.05, 3.63) is 95.3 Å². The molecule has 1 heterocycles. The molecule has 1 aliphatic rings. The van der Waals surface area contributed by atoms with Crippen LogP contribution >= 0.6 is 0 Å². The van der Waals surface area contributed by atoms with Crippen molar-refractivity contribution in [1.29, 1.82) is 0 Å². The summed E-state index contributed by atoms with van der Waals surface area (Å²) in [5.74, 6) is -0.0306. The molecule has 1 amide bonds. The van der Waals surface area contributed by atoms with Crippen molar-refractivity contribution in [2.24, 2.45) is 5.16 Å². The Bertz CT molecular complexity index is 1290. The summed E-state index contributed by atoms with van der Waals surface area (Å²) in [6.45, 7) is 3.44. The third-order valence-electron chi connectivity index (χ3n) is 6.41. The van der Waals surface area contributed by atoms with Crippen molar-refractivity contribution in [3.8, 4) is 5.75 Å². The Kier molecular flexibility index (Phi) is 9.06. The molecule has 3 aromatic rings. The fourth-order valence-electron chi connectivity index (χ4n) is 4.19. The molecule has 4 rings (SSSR count). The van der Waals surface area contributed by atoms with Gasteiger partial charge in [-0.05, 0) is 60.5 Å². The lowest BCUT2D eigenvalue weighted by Crippen LogP contribution is -2.50. The van der Waals surface area contributed by atoms with E-state index in [1.54, 1.807) is 41.3 Å². The smallest absolute Gasteiger partial charge is 0.416 e. The minimum Gasteiger partial charge on any atom is -0.484 e. The van der Waals surface area contributed by atoms with Crippen LogP contribution < -0.4 is 9.64 Å². The van der Waals surface area contributed by atoms with Crippen molar-refractivity contribution in [1.82, 2.24) is 4.90 Å². The first-order valence-electron chi connectivity index (χ1n) is 12.6. The van der Waals surface area contributed by atoms with Crippen LogP contribution in [0, 0.1) is 5.82 Å². The summed E-state index contributed by atoms with van der Waals surface area (Å²) >= 11 is 0. The van der Waals surface area contributed by atoms with E-state index in [1.807, 2.05) is 24.0 Å². The zero-order chi connectivity index (χ0) is 27.8. The monoisotopic (exact) mass is 543 g/mol. The predicted molar refractivity (Wildman–Crippen MR) is 140 cm³/mol. The van der Waals surface area contributed by atoms with Crippen LogP contribution in [-0.2, 0) is 22.4 Å². The maximum absolute atomic E-state index is 13.7. The molecule has 0 aromatic heterocycles. The SMILES string of the molecule is CC/C(=N\OCc1ccccc1F)c1ccc(OCC(=O)N2CCN(c3cccc(C(F)(F)F)c3)CC2)cc1. The molecule has 0 spiro atoms. The van der Waals surface area contributed by atoms with Gasteiger partial charge in [0.05, 0.1) is 11.3 Å². The molecular formula is C29H29F4N3O3. The number of halogens is 4. The Labute approximate surface area is 224 Å². The van der Waals surface area contributed by atoms with Gasteiger partial charge in [0, 0.05) is 37.4 Å². The van der Waals surface area contributed by atoms with Crippen molar-refractivity contribution in [3.63, 3.8) is 0 Å². The summed E-state index contributed by atoms with van der Waals surface area (Å²) in [6.07, 6.45) is -3.80. The van der Waals surface area contributed by atoms with Gasteiger partial charge in [-0.1, -0.05) is 36.3 Å². The highest BCUT2D eigenvalue weighted by molar-refractivity contribution is 6.00. The summed E-state index contributed by atoms with van der Waals surface area (Å²) in [4.78, 5) is 21.5. The highest BCUT2D eigenvalue weighted by Gasteiger charge is 2.31. The lowest BCUT2D eigenvalue weighted by atomic mass is 10.1. The number of anilines is 1. The van der Waals surface area contributed by atoms with E-state index in [-0.39, 0.29) is 24.9 Å². The van der Waals surface area contributed by atoms with Crippen LogP contribution in [0.3, 0.4) is 0 Å². The van der Waals surface area contributed by atoms with Gasteiger partial charge in [0.1, 0.15) is 18.2 Å². The second kappa shape index (κ2) is 12.6. The van der Waals surface area contributed by atoms with Gasteiger partial charge in [-0.15, -0.1) is 0 Å². The van der Waals surface area contributed by atoms with Crippen LogP contribution in [0.25, 0.3) is 0 Å². The molecule has 0 aliphatic carbocycles. The van der Waals surface area contributed by atoms with Crippen LogP contribution in [0.4, 0.5) is 23.2 Å². The molecule has 1 fully saturated rings. The van der Waals surface area contributed by atoms with Gasteiger partial charge in [-0.2, -0.15) is 13.2 Å². The Morgan fingerprint density at radius 3 is 2.33 bits per heavy atom. The minimum atomic E-state index is -4.40. The van der Waals surface area contributed by atoms with E-state index in [2.05, 4.69) is 5.16 Å². The second-order valence-electron chi connectivity index (χ2n) is 8.99. The quantitative estimate of drug-likeness (QED) is 0.192. The summed E-state index contributed by atoms with van der Waals surface area (Å²) in [7, 11) is 0. The number of benzene rings is 3. The standard InChI is InChI=1S/C29H29F4N3O3/c1-2-27(34-39-19-22-6-3-4-9-26(22)30)21-10-12-25(13-11-21)38-20-28(37)36-16-14-35(15-17-36)24-8-5-7-23(18-24)29(31,32)33/h3-13,18H,2,14-17,19-20H2,1H3/b34-27+. The van der Waals surface area contributed by atoms with Gasteiger partial charge in [0.15, 0.2) is 6.61 Å². The van der Waals surface area contributed by atoms with Gasteiger partial charge in [-0.25, -0.2) is 4.39 Å². The van der Waals surface area contributed by atoms with E-state index in [0.29, 0.717) is 55.3 Å². The van der Waals surface area contributed by atoms with Gasteiger partial charge in [0.2, 0.25) is 0 Å². The molecular weight excluding hydrogens is 514 g/mol. The Hall–Kier alpha value is -4.08. The molecule has 0 bridgehead atoms. The average molecular weight is 544 g/mol. The first-order chi connectivity index (χ1) is 18.7. The van der Waals surface area contributed by atoms with Gasteiger partial charge in [-0.3, -0.25) is 4.79 Å². The van der Waals surface area contributed by atoms with E-state index < -0.39 is 11.7 Å². The number of amides is 1. The second-order valence-corrected chi connectivity index (χ2v) is 8.99. The van der Waals surface area contributed by atoms with Crippen LogP contribution in [0.5, 0.6) is 5.75 Å². The number of carbonyl (C=O) groups is 1. The fourth-order valence-corrected chi connectivity index (χ4v) is 4.19. The summed E-state index contributed by atoms with van der Waals surface area (Å²) in [5.41, 5.74) is 1.72. The van der Waals surface area contributed by atoms with E-state index >= 15 is 0 Å². The average Bonchev–Trinajstić information content (AvgIpc) is 2.95. The molecule has 39 heavy (non-hydrogen) atoms. The van der Waals surface area contributed by atoms with Gasteiger partial charge in [0.25, 0.3) is 5.91 Å². The third kappa shape index (κ3) is 7.49. The fraction of sp³-hybridized carbons (Fsp3) is 0.310. The predicted octanol–water partition coefficient (Wildman–Crippen LogP) is 5.90. The molecule has 1 saturated heterocycles. The largest absolute Gasteiger partial charge is 0.484 e. The van der Waals surface area contributed by atoms with Crippen LogP contribution in [0.1, 0.15) is 30.0 Å². The molecule has 1 aliphatic heterocycles. The normalized spacial score (nSPS) is 14.3. The molecule has 0 radical (unpaired) electrons. The molecule has 6 nitrogen and oxygen atoms in total. The van der Waals surface area contributed by atoms with Crippen LogP contribution in [-0.4, -0.2) is 49.3 Å². The van der Waals surface area contributed by atoms with Crippen molar-refractivity contribution in [2.45, 2.75) is 26.1 Å². The van der Waals surface area contributed by atoms with Crippen molar-refractivity contribution < 1.29 is 31.9 Å². The Morgan fingerprint density at radius 1 is 0.949 bits per heavy atom. The topological polar surface area (TPSA) is 54.4 Å². The van der Waals surface area contributed by atoms with E-state index in [9.17, 15) is 22.4 Å². The highest BCUT2D eigenvalue weighted by atomic mass is 19.4. The van der Waals surface area contributed by atoms with E-state index in [1.165, 1.54) is 12.1 Å². The Balaban J connectivity index is 1.25. The number of nitrogens with zero attached hydrogens (tertiary/aromatic N) is 3. The van der Waals surface area contributed by atoms with Crippen LogP contribution in [0.15, 0.2) is 78.0 Å². The number of ether oxygens (including phenoxy) is 1. The molecule has 0 saturated carbocycles. The number of hydrogen-bond acceptors (Lipinski definition) is 5. The number of oxime groups is 1. The maximum atomic E-state index is 13.7. The number of alkyl halides is 3.